The maximum absolute atomic E-state index is 12.8. The Balaban J connectivity index is 2.02. The van der Waals surface area contributed by atoms with Gasteiger partial charge in [-0.2, -0.15) is 13.2 Å². The molecular formula is C20H23F3N4O. The Bertz CT molecular complexity index is 817. The van der Waals surface area contributed by atoms with E-state index in [1.165, 1.54) is 6.07 Å². The molecule has 2 rings (SSSR count). The summed E-state index contributed by atoms with van der Waals surface area (Å²) in [6.07, 6.45) is -4.37. The summed E-state index contributed by atoms with van der Waals surface area (Å²) in [7, 11) is 1.57. The molecule has 28 heavy (non-hydrogen) atoms. The fourth-order valence-corrected chi connectivity index (χ4v) is 2.46. The highest BCUT2D eigenvalue weighted by Gasteiger charge is 2.30. The molecular weight excluding hydrogens is 369 g/mol. The molecule has 0 unspecified atom stereocenters. The normalized spacial score (nSPS) is 11.8. The molecule has 0 saturated heterocycles. The van der Waals surface area contributed by atoms with Crippen LogP contribution in [0.4, 0.5) is 13.2 Å². The van der Waals surface area contributed by atoms with Crippen LogP contribution in [0, 0.1) is 0 Å². The topological polar surface area (TPSA) is 65.5 Å². The van der Waals surface area contributed by atoms with Crippen LogP contribution in [0.15, 0.2) is 53.5 Å². The molecule has 150 valence electrons. The number of alkyl halides is 3. The fourth-order valence-electron chi connectivity index (χ4n) is 2.46. The summed E-state index contributed by atoms with van der Waals surface area (Å²) in [5.41, 5.74) is 1.30. The number of nitrogens with one attached hydrogen (secondary N) is 3. The SMILES string of the molecule is CCNC(=NCc1cccc(C(F)(F)F)c1)NCc1ccc(C(=O)NC)cc1. The average Bonchev–Trinajstić information content (AvgIpc) is 2.69. The summed E-state index contributed by atoms with van der Waals surface area (Å²) in [6.45, 7) is 3.10. The minimum atomic E-state index is -4.37. The molecule has 0 fully saturated rings. The molecule has 8 heteroatoms. The molecule has 0 atom stereocenters. The van der Waals surface area contributed by atoms with E-state index in [4.69, 9.17) is 0 Å². The quantitative estimate of drug-likeness (QED) is 0.522. The van der Waals surface area contributed by atoms with E-state index in [-0.39, 0.29) is 12.5 Å². The van der Waals surface area contributed by atoms with Crippen molar-refractivity contribution in [3.63, 3.8) is 0 Å². The van der Waals surface area contributed by atoms with Crippen LogP contribution in [0.2, 0.25) is 0 Å². The van der Waals surface area contributed by atoms with E-state index in [2.05, 4.69) is 20.9 Å². The Morgan fingerprint density at radius 2 is 1.75 bits per heavy atom. The largest absolute Gasteiger partial charge is 0.416 e. The second kappa shape index (κ2) is 9.77. The van der Waals surface area contributed by atoms with Crippen molar-refractivity contribution < 1.29 is 18.0 Å². The number of hydrogen-bond acceptors (Lipinski definition) is 2. The van der Waals surface area contributed by atoms with E-state index in [9.17, 15) is 18.0 Å². The summed E-state index contributed by atoms with van der Waals surface area (Å²) < 4.78 is 38.4. The zero-order chi connectivity index (χ0) is 20.6. The van der Waals surface area contributed by atoms with Crippen LogP contribution in [-0.2, 0) is 19.3 Å². The predicted molar refractivity (Wildman–Crippen MR) is 103 cm³/mol. The highest BCUT2D eigenvalue weighted by atomic mass is 19.4. The Morgan fingerprint density at radius 3 is 2.36 bits per heavy atom. The van der Waals surface area contributed by atoms with E-state index < -0.39 is 11.7 Å². The average molecular weight is 392 g/mol. The number of carbonyl (C=O) groups is 1. The smallest absolute Gasteiger partial charge is 0.357 e. The Hall–Kier alpha value is -3.03. The van der Waals surface area contributed by atoms with E-state index in [1.54, 1.807) is 25.2 Å². The molecule has 0 saturated carbocycles. The second-order valence-electron chi connectivity index (χ2n) is 6.02. The van der Waals surface area contributed by atoms with Gasteiger partial charge in [-0.25, -0.2) is 4.99 Å². The summed E-state index contributed by atoms with van der Waals surface area (Å²) in [5.74, 6) is 0.339. The number of benzene rings is 2. The summed E-state index contributed by atoms with van der Waals surface area (Å²) >= 11 is 0. The van der Waals surface area contributed by atoms with Gasteiger partial charge in [-0.15, -0.1) is 0 Å². The van der Waals surface area contributed by atoms with Crippen molar-refractivity contribution in [3.05, 3.63) is 70.8 Å². The number of halogens is 3. The number of aliphatic imine (C=N–C) groups is 1. The molecule has 0 aliphatic carbocycles. The van der Waals surface area contributed by atoms with Gasteiger partial charge < -0.3 is 16.0 Å². The first-order valence-corrected chi connectivity index (χ1v) is 8.82. The number of guanidine groups is 1. The number of hydrogen-bond donors (Lipinski definition) is 3. The van der Waals surface area contributed by atoms with E-state index >= 15 is 0 Å². The first-order valence-electron chi connectivity index (χ1n) is 8.82. The van der Waals surface area contributed by atoms with E-state index in [0.29, 0.717) is 30.2 Å². The molecule has 5 nitrogen and oxygen atoms in total. The van der Waals surface area contributed by atoms with Crippen molar-refractivity contribution in [1.82, 2.24) is 16.0 Å². The van der Waals surface area contributed by atoms with Gasteiger partial charge in [0.1, 0.15) is 0 Å². The number of rotatable bonds is 6. The Labute approximate surface area is 162 Å². The van der Waals surface area contributed by atoms with Gasteiger partial charge in [-0.3, -0.25) is 4.79 Å². The third-order valence-corrected chi connectivity index (χ3v) is 3.92. The van der Waals surface area contributed by atoms with Gasteiger partial charge in [0.25, 0.3) is 5.91 Å². The van der Waals surface area contributed by atoms with Crippen molar-refractivity contribution in [2.24, 2.45) is 4.99 Å². The van der Waals surface area contributed by atoms with Gasteiger partial charge in [-0.05, 0) is 42.3 Å². The fraction of sp³-hybridized carbons (Fsp3) is 0.300. The lowest BCUT2D eigenvalue weighted by Gasteiger charge is -2.12. The van der Waals surface area contributed by atoms with Crippen molar-refractivity contribution >= 4 is 11.9 Å². The minimum Gasteiger partial charge on any atom is -0.357 e. The number of amides is 1. The van der Waals surface area contributed by atoms with Crippen LogP contribution in [0.25, 0.3) is 0 Å². The lowest BCUT2D eigenvalue weighted by molar-refractivity contribution is -0.137. The van der Waals surface area contributed by atoms with Gasteiger partial charge in [0, 0.05) is 25.7 Å². The van der Waals surface area contributed by atoms with E-state index in [0.717, 1.165) is 17.7 Å². The molecule has 0 heterocycles. The van der Waals surface area contributed by atoms with Crippen LogP contribution in [-0.4, -0.2) is 25.5 Å². The Kier molecular flexibility index (Phi) is 7.43. The lowest BCUT2D eigenvalue weighted by atomic mass is 10.1. The minimum absolute atomic E-state index is 0.120. The van der Waals surface area contributed by atoms with Crippen LogP contribution in [0.1, 0.15) is 34.0 Å². The summed E-state index contributed by atoms with van der Waals surface area (Å²) in [4.78, 5) is 15.9. The number of carbonyl (C=O) groups excluding carboxylic acids is 1. The predicted octanol–water partition coefficient (Wildman–Crippen LogP) is 3.32. The molecule has 0 aromatic heterocycles. The van der Waals surface area contributed by atoms with Crippen LogP contribution in [0.5, 0.6) is 0 Å². The molecule has 2 aromatic carbocycles. The monoisotopic (exact) mass is 392 g/mol. The second-order valence-corrected chi connectivity index (χ2v) is 6.02. The third-order valence-electron chi connectivity index (χ3n) is 3.92. The highest BCUT2D eigenvalue weighted by molar-refractivity contribution is 5.93. The van der Waals surface area contributed by atoms with Gasteiger partial charge in [0.05, 0.1) is 12.1 Å². The van der Waals surface area contributed by atoms with Crippen LogP contribution in [0.3, 0.4) is 0 Å². The van der Waals surface area contributed by atoms with Gasteiger partial charge in [0.2, 0.25) is 0 Å². The first-order chi connectivity index (χ1) is 13.3. The number of nitrogens with zero attached hydrogens (tertiary/aromatic N) is 1. The molecule has 0 aliphatic heterocycles. The zero-order valence-corrected chi connectivity index (χ0v) is 15.7. The van der Waals surface area contributed by atoms with E-state index in [1.807, 2.05) is 19.1 Å². The van der Waals surface area contributed by atoms with Crippen molar-refractivity contribution in [2.45, 2.75) is 26.2 Å². The van der Waals surface area contributed by atoms with Gasteiger partial charge in [0.15, 0.2) is 5.96 Å². The first kappa shape index (κ1) is 21.3. The van der Waals surface area contributed by atoms with Crippen molar-refractivity contribution in [1.29, 1.82) is 0 Å². The maximum atomic E-state index is 12.8. The standard InChI is InChI=1S/C20H23F3N4O/c1-3-25-19(26-12-14-7-9-16(10-8-14)18(28)24-2)27-13-15-5-4-6-17(11-15)20(21,22)23/h4-11H,3,12-13H2,1-2H3,(H,24,28)(H2,25,26,27). The zero-order valence-electron chi connectivity index (χ0n) is 15.7. The molecule has 0 radical (unpaired) electrons. The van der Waals surface area contributed by atoms with Crippen LogP contribution >= 0.6 is 0 Å². The molecule has 0 aliphatic rings. The highest BCUT2D eigenvalue weighted by Crippen LogP contribution is 2.29. The molecule has 1 amide bonds. The van der Waals surface area contributed by atoms with Crippen molar-refractivity contribution in [2.75, 3.05) is 13.6 Å². The molecule has 0 spiro atoms. The molecule has 2 aromatic rings. The van der Waals surface area contributed by atoms with Crippen molar-refractivity contribution in [3.8, 4) is 0 Å². The van der Waals surface area contributed by atoms with Crippen LogP contribution < -0.4 is 16.0 Å². The lowest BCUT2D eigenvalue weighted by Crippen LogP contribution is -2.36. The third kappa shape index (κ3) is 6.29. The summed E-state index contributed by atoms with van der Waals surface area (Å²) in [5, 5.41) is 8.75. The van der Waals surface area contributed by atoms with Gasteiger partial charge in [-0.1, -0.05) is 24.3 Å². The maximum Gasteiger partial charge on any atom is 0.416 e. The Morgan fingerprint density at radius 1 is 1.04 bits per heavy atom. The van der Waals surface area contributed by atoms with Gasteiger partial charge >= 0.3 is 6.18 Å². The molecule has 0 bridgehead atoms. The molecule has 3 N–H and O–H groups in total. The summed E-state index contributed by atoms with van der Waals surface area (Å²) in [6, 6.07) is 12.2.